The molecule has 0 aliphatic rings. The summed E-state index contributed by atoms with van der Waals surface area (Å²) >= 11 is 10.4. The zero-order chi connectivity index (χ0) is 16.4. The smallest absolute Gasteiger partial charge is 0.374 e. The van der Waals surface area contributed by atoms with Crippen molar-refractivity contribution >= 4 is 44.3 Å². The summed E-state index contributed by atoms with van der Waals surface area (Å²) in [7, 11) is -0.758. The molecule has 1 aromatic rings. The maximum absolute atomic E-state index is 5.97. The highest BCUT2D eigenvalue weighted by Gasteiger charge is 2.30. The van der Waals surface area contributed by atoms with Crippen molar-refractivity contribution in [3.63, 3.8) is 0 Å². The van der Waals surface area contributed by atoms with Gasteiger partial charge in [-0.05, 0) is 31.4 Å². The molecule has 124 valence electrons. The lowest BCUT2D eigenvalue weighted by Crippen LogP contribution is -2.35. The molecule has 0 N–H and O–H groups in total. The van der Waals surface area contributed by atoms with Gasteiger partial charge in [-0.3, -0.25) is 0 Å². The third-order valence-corrected chi connectivity index (χ3v) is 5.07. The average Bonchev–Trinajstić information content (AvgIpc) is 2.54. The molecule has 0 fully saturated rings. The van der Waals surface area contributed by atoms with Gasteiger partial charge in [0.05, 0.1) is 16.3 Å². The molecule has 3 unspecified atom stereocenters. The predicted octanol–water partition coefficient (Wildman–Crippen LogP) is 4.88. The molecule has 3 nitrogen and oxygen atoms in total. The van der Waals surface area contributed by atoms with Crippen LogP contribution in [0.1, 0.15) is 40.0 Å². The summed E-state index contributed by atoms with van der Waals surface area (Å²) in [5, 5.41) is 0. The average molecular weight is 360 g/mol. The summed E-state index contributed by atoms with van der Waals surface area (Å²) in [4.78, 5) is 1.16. The van der Waals surface area contributed by atoms with E-state index in [2.05, 4.69) is 44.3 Å². The van der Waals surface area contributed by atoms with Crippen molar-refractivity contribution in [1.29, 1.82) is 0 Å². The number of thioether (sulfide) groups is 1. The Balaban J connectivity index is 2.63. The Hall–Kier alpha value is 0.215. The Morgan fingerprint density at radius 3 is 1.91 bits per heavy atom. The molecular formula is C15H25BO3S3. The van der Waals surface area contributed by atoms with Crippen molar-refractivity contribution in [3.8, 4) is 0 Å². The van der Waals surface area contributed by atoms with Crippen LogP contribution in [0.4, 0.5) is 0 Å². The Labute approximate surface area is 149 Å². The number of benzene rings is 1. The Morgan fingerprint density at radius 1 is 0.909 bits per heavy atom. The zero-order valence-electron chi connectivity index (χ0n) is 13.3. The lowest BCUT2D eigenvalue weighted by molar-refractivity contribution is 0.0676. The lowest BCUT2D eigenvalue weighted by atomic mass is 10.2. The molecule has 1 aromatic carbocycles. The van der Waals surface area contributed by atoms with E-state index in [9.17, 15) is 0 Å². The second-order valence-electron chi connectivity index (χ2n) is 4.69. The first-order valence-corrected chi connectivity index (χ1v) is 9.54. The molecule has 0 aromatic heterocycles. The number of thiol groups is 2. The fourth-order valence-corrected chi connectivity index (χ4v) is 2.66. The fraction of sp³-hybridized carbons (Fsp3) is 0.600. The molecule has 0 bridgehead atoms. The van der Waals surface area contributed by atoms with E-state index in [1.54, 1.807) is 11.8 Å². The molecule has 0 saturated heterocycles. The van der Waals surface area contributed by atoms with Crippen molar-refractivity contribution in [2.24, 2.45) is 0 Å². The first-order valence-electron chi connectivity index (χ1n) is 7.63. The summed E-state index contributed by atoms with van der Waals surface area (Å²) < 4.78 is 17.4. The summed E-state index contributed by atoms with van der Waals surface area (Å²) in [5.74, 6) is 0. The minimum absolute atomic E-state index is 0.0535. The van der Waals surface area contributed by atoms with Gasteiger partial charge < -0.3 is 14.0 Å². The van der Waals surface area contributed by atoms with Crippen molar-refractivity contribution in [1.82, 2.24) is 0 Å². The predicted molar refractivity (Wildman–Crippen MR) is 102 cm³/mol. The van der Waals surface area contributed by atoms with E-state index in [1.807, 2.05) is 32.0 Å². The Morgan fingerprint density at radius 2 is 1.45 bits per heavy atom. The molecule has 0 heterocycles. The maximum Gasteiger partial charge on any atom is 0.641 e. The van der Waals surface area contributed by atoms with Crippen LogP contribution in [-0.2, 0) is 14.0 Å². The molecule has 0 aliphatic carbocycles. The molecule has 7 heteroatoms. The van der Waals surface area contributed by atoms with E-state index in [0.717, 1.165) is 24.2 Å². The third kappa shape index (κ3) is 8.18. The minimum atomic E-state index is -0.758. The lowest BCUT2D eigenvalue weighted by Gasteiger charge is -2.24. The monoisotopic (exact) mass is 360 g/mol. The molecule has 3 atom stereocenters. The van der Waals surface area contributed by atoms with Crippen molar-refractivity contribution in [2.45, 2.75) is 61.2 Å². The second kappa shape index (κ2) is 11.7. The normalized spacial score (nSPS) is 15.3. The van der Waals surface area contributed by atoms with Gasteiger partial charge in [-0.25, -0.2) is 0 Å². The summed E-state index contributed by atoms with van der Waals surface area (Å²) in [6, 6.07) is 10.2. The molecule has 0 radical (unpaired) electrons. The topological polar surface area (TPSA) is 27.7 Å². The molecule has 0 spiro atoms. The van der Waals surface area contributed by atoms with Crippen LogP contribution in [0.5, 0.6) is 0 Å². The van der Waals surface area contributed by atoms with Gasteiger partial charge in [-0.1, -0.05) is 50.7 Å². The largest absolute Gasteiger partial charge is 0.641 e. The van der Waals surface area contributed by atoms with Gasteiger partial charge in [0.15, 0.2) is 0 Å². The van der Waals surface area contributed by atoms with Crippen LogP contribution >= 0.6 is 37.0 Å². The van der Waals surface area contributed by atoms with E-state index < -0.39 is 7.32 Å². The van der Waals surface area contributed by atoms with Crippen molar-refractivity contribution in [2.75, 3.05) is 0 Å². The van der Waals surface area contributed by atoms with Crippen molar-refractivity contribution < 1.29 is 14.0 Å². The van der Waals surface area contributed by atoms with Crippen LogP contribution in [0.3, 0.4) is 0 Å². The van der Waals surface area contributed by atoms with Gasteiger partial charge in [0.25, 0.3) is 0 Å². The van der Waals surface area contributed by atoms with Crippen LogP contribution in [0, 0.1) is 0 Å². The van der Waals surface area contributed by atoms with Gasteiger partial charge in [0.1, 0.15) is 0 Å². The summed E-state index contributed by atoms with van der Waals surface area (Å²) in [5.41, 5.74) is -0.495. The zero-order valence-corrected chi connectivity index (χ0v) is 16.0. The Bertz CT molecular complexity index is 385. The minimum Gasteiger partial charge on any atom is -0.374 e. The van der Waals surface area contributed by atoms with Crippen LogP contribution in [0.25, 0.3) is 0 Å². The summed E-state index contributed by atoms with van der Waals surface area (Å²) in [6.45, 7) is 6.08. The number of hydrogen-bond acceptors (Lipinski definition) is 6. The first kappa shape index (κ1) is 20.3. The summed E-state index contributed by atoms with van der Waals surface area (Å²) in [6.07, 6.45) is 2.39. The highest BCUT2D eigenvalue weighted by atomic mass is 32.2. The van der Waals surface area contributed by atoms with Gasteiger partial charge in [-0.2, -0.15) is 0 Å². The van der Waals surface area contributed by atoms with Gasteiger partial charge in [-0.15, -0.1) is 25.3 Å². The van der Waals surface area contributed by atoms with Crippen LogP contribution in [-0.4, -0.2) is 23.6 Å². The van der Waals surface area contributed by atoms with E-state index in [-0.39, 0.29) is 16.3 Å². The van der Waals surface area contributed by atoms with Crippen LogP contribution in [0.15, 0.2) is 35.2 Å². The maximum atomic E-state index is 5.97. The Kier molecular flexibility index (Phi) is 10.8. The number of rotatable bonds is 11. The van der Waals surface area contributed by atoms with Gasteiger partial charge in [0.2, 0.25) is 0 Å². The molecule has 1 rings (SSSR count). The van der Waals surface area contributed by atoms with Gasteiger partial charge in [0, 0.05) is 4.90 Å². The molecule has 0 amide bonds. The van der Waals surface area contributed by atoms with Crippen molar-refractivity contribution in [3.05, 3.63) is 30.3 Å². The van der Waals surface area contributed by atoms with E-state index in [1.165, 1.54) is 0 Å². The van der Waals surface area contributed by atoms with Crippen LogP contribution in [0.2, 0.25) is 0 Å². The fourth-order valence-electron chi connectivity index (χ4n) is 1.53. The SMILES string of the molecule is CCC(S)OB(OC(S)CC)OC(CC)Sc1ccccc1. The molecule has 0 saturated carbocycles. The van der Waals surface area contributed by atoms with Gasteiger partial charge >= 0.3 is 7.32 Å². The highest BCUT2D eigenvalue weighted by Crippen LogP contribution is 2.27. The van der Waals surface area contributed by atoms with E-state index >= 15 is 0 Å². The highest BCUT2D eigenvalue weighted by molar-refractivity contribution is 7.99. The molecule has 0 aliphatic heterocycles. The number of hydrogen-bond donors (Lipinski definition) is 2. The van der Waals surface area contributed by atoms with Crippen LogP contribution < -0.4 is 0 Å². The second-order valence-corrected chi connectivity index (χ2v) is 7.08. The first-order chi connectivity index (χ1) is 10.6. The molecular weight excluding hydrogens is 335 g/mol. The standard InChI is InChI=1S/C15H25BO3S3/c1-4-13(20)17-16(18-14(21)5-2)19-15(6-3)22-12-10-8-7-9-11-12/h7-11,13-15,20-21H,4-6H2,1-3H3. The quantitative estimate of drug-likeness (QED) is 0.255. The third-order valence-electron chi connectivity index (χ3n) is 2.84. The van der Waals surface area contributed by atoms with E-state index in [4.69, 9.17) is 14.0 Å². The molecule has 22 heavy (non-hydrogen) atoms. The van der Waals surface area contributed by atoms with E-state index in [0.29, 0.717) is 0 Å².